The quantitative estimate of drug-likeness (QED) is 0.600. The summed E-state index contributed by atoms with van der Waals surface area (Å²) in [7, 11) is 3.20. The molecule has 0 saturated carbocycles. The molecule has 1 heterocycles. The largest absolute Gasteiger partial charge is 0.497 e. The zero-order valence-corrected chi connectivity index (χ0v) is 12.5. The molecule has 0 saturated heterocycles. The first-order valence-electron chi connectivity index (χ1n) is 5.96. The molecule has 0 amide bonds. The SMILES string of the molecule is C=C(C)CSc1nnc(-c2cc(OC)cc(OC)c2)o1. The van der Waals surface area contributed by atoms with Gasteiger partial charge in [-0.1, -0.05) is 23.9 Å². The second kappa shape index (κ2) is 6.47. The van der Waals surface area contributed by atoms with Crippen LogP contribution in [0.5, 0.6) is 11.5 Å². The summed E-state index contributed by atoms with van der Waals surface area (Å²) in [6, 6.07) is 5.43. The van der Waals surface area contributed by atoms with Crippen LogP contribution >= 0.6 is 11.8 Å². The van der Waals surface area contributed by atoms with Crippen molar-refractivity contribution in [3.8, 4) is 23.0 Å². The number of aromatic nitrogens is 2. The second-order valence-corrected chi connectivity index (χ2v) is 5.15. The van der Waals surface area contributed by atoms with Gasteiger partial charge in [0, 0.05) is 17.4 Å². The molecule has 0 atom stereocenters. The molecule has 0 aliphatic carbocycles. The summed E-state index contributed by atoms with van der Waals surface area (Å²) in [5.74, 6) is 2.54. The van der Waals surface area contributed by atoms with Crippen LogP contribution in [0.2, 0.25) is 0 Å². The van der Waals surface area contributed by atoms with Crippen LogP contribution in [-0.4, -0.2) is 30.2 Å². The summed E-state index contributed by atoms with van der Waals surface area (Å²) in [5.41, 5.74) is 1.81. The van der Waals surface area contributed by atoms with Crippen LogP contribution in [-0.2, 0) is 0 Å². The third-order valence-electron chi connectivity index (χ3n) is 2.45. The van der Waals surface area contributed by atoms with Crippen molar-refractivity contribution in [1.82, 2.24) is 10.2 Å². The summed E-state index contributed by atoms with van der Waals surface area (Å²) < 4.78 is 16.0. The first kappa shape index (κ1) is 14.5. The number of hydrogen-bond acceptors (Lipinski definition) is 6. The van der Waals surface area contributed by atoms with Gasteiger partial charge in [0.2, 0.25) is 5.89 Å². The molecule has 0 N–H and O–H groups in total. The fourth-order valence-electron chi connectivity index (χ4n) is 1.50. The average molecular weight is 292 g/mol. The van der Waals surface area contributed by atoms with Crippen molar-refractivity contribution < 1.29 is 13.9 Å². The number of benzene rings is 1. The molecule has 2 aromatic rings. The maximum Gasteiger partial charge on any atom is 0.277 e. The van der Waals surface area contributed by atoms with Gasteiger partial charge in [-0.2, -0.15) is 0 Å². The third kappa shape index (κ3) is 3.54. The Labute approximate surface area is 122 Å². The van der Waals surface area contributed by atoms with Gasteiger partial charge in [-0.3, -0.25) is 0 Å². The number of hydrogen-bond donors (Lipinski definition) is 0. The number of thioether (sulfide) groups is 1. The van der Waals surface area contributed by atoms with E-state index in [1.807, 2.05) is 19.1 Å². The van der Waals surface area contributed by atoms with Crippen LogP contribution in [0, 0.1) is 0 Å². The van der Waals surface area contributed by atoms with Crippen LogP contribution in [0.3, 0.4) is 0 Å². The number of rotatable bonds is 6. The van der Waals surface area contributed by atoms with Crippen molar-refractivity contribution in [1.29, 1.82) is 0 Å². The molecule has 0 bridgehead atoms. The van der Waals surface area contributed by atoms with E-state index in [0.29, 0.717) is 22.6 Å². The van der Waals surface area contributed by atoms with E-state index in [2.05, 4.69) is 16.8 Å². The minimum atomic E-state index is 0.436. The van der Waals surface area contributed by atoms with Crippen LogP contribution in [0.1, 0.15) is 6.92 Å². The number of ether oxygens (including phenoxy) is 2. The highest BCUT2D eigenvalue weighted by Gasteiger charge is 2.12. The fourth-order valence-corrected chi connectivity index (χ4v) is 2.11. The summed E-state index contributed by atoms with van der Waals surface area (Å²) in [4.78, 5) is 0. The van der Waals surface area contributed by atoms with E-state index in [0.717, 1.165) is 16.9 Å². The molecule has 1 aromatic carbocycles. The van der Waals surface area contributed by atoms with E-state index >= 15 is 0 Å². The van der Waals surface area contributed by atoms with Crippen molar-refractivity contribution in [2.24, 2.45) is 0 Å². The van der Waals surface area contributed by atoms with Crippen LogP contribution in [0.15, 0.2) is 40.0 Å². The first-order chi connectivity index (χ1) is 9.62. The number of nitrogens with zero attached hydrogens (tertiary/aromatic N) is 2. The Morgan fingerprint density at radius 2 is 1.85 bits per heavy atom. The van der Waals surface area contributed by atoms with Gasteiger partial charge in [0.25, 0.3) is 5.22 Å². The molecule has 0 spiro atoms. The highest BCUT2D eigenvalue weighted by Crippen LogP contribution is 2.30. The predicted octanol–water partition coefficient (Wildman–Crippen LogP) is 3.42. The van der Waals surface area contributed by atoms with Crippen LogP contribution in [0.25, 0.3) is 11.5 Å². The molecule has 2 rings (SSSR count). The zero-order valence-electron chi connectivity index (χ0n) is 11.7. The molecule has 0 fully saturated rings. The average Bonchev–Trinajstić information content (AvgIpc) is 2.93. The lowest BCUT2D eigenvalue weighted by atomic mass is 10.2. The lowest BCUT2D eigenvalue weighted by Gasteiger charge is -2.05. The fraction of sp³-hybridized carbons (Fsp3) is 0.286. The van der Waals surface area contributed by atoms with Gasteiger partial charge in [0.15, 0.2) is 0 Å². The Kier molecular flexibility index (Phi) is 4.68. The highest BCUT2D eigenvalue weighted by molar-refractivity contribution is 7.99. The minimum Gasteiger partial charge on any atom is -0.497 e. The second-order valence-electron chi connectivity index (χ2n) is 4.22. The van der Waals surface area contributed by atoms with E-state index < -0.39 is 0 Å². The summed E-state index contributed by atoms with van der Waals surface area (Å²) >= 11 is 1.46. The molecule has 6 heteroatoms. The maximum atomic E-state index is 5.61. The summed E-state index contributed by atoms with van der Waals surface area (Å²) in [6.45, 7) is 5.79. The molecule has 0 aliphatic rings. The summed E-state index contributed by atoms with van der Waals surface area (Å²) in [6.07, 6.45) is 0. The monoisotopic (exact) mass is 292 g/mol. The minimum absolute atomic E-state index is 0.436. The van der Waals surface area contributed by atoms with Gasteiger partial charge in [0.1, 0.15) is 11.5 Å². The van der Waals surface area contributed by atoms with Crippen LogP contribution in [0.4, 0.5) is 0 Å². The third-order valence-corrected chi connectivity index (χ3v) is 3.50. The molecule has 20 heavy (non-hydrogen) atoms. The van der Waals surface area contributed by atoms with Gasteiger partial charge in [0.05, 0.1) is 14.2 Å². The first-order valence-corrected chi connectivity index (χ1v) is 6.95. The van der Waals surface area contributed by atoms with Gasteiger partial charge < -0.3 is 13.9 Å². The van der Waals surface area contributed by atoms with Crippen molar-refractivity contribution >= 4 is 11.8 Å². The topological polar surface area (TPSA) is 57.4 Å². The molecule has 106 valence electrons. The smallest absolute Gasteiger partial charge is 0.277 e. The van der Waals surface area contributed by atoms with Gasteiger partial charge in [-0.05, 0) is 19.1 Å². The standard InChI is InChI=1S/C14H16N2O3S/c1-9(2)8-20-14-16-15-13(19-14)10-5-11(17-3)7-12(6-10)18-4/h5-7H,1,8H2,2-4H3. The normalized spacial score (nSPS) is 10.3. The Bertz CT molecular complexity index is 588. The molecule has 0 unspecified atom stereocenters. The zero-order chi connectivity index (χ0) is 14.5. The number of methoxy groups -OCH3 is 2. The Hall–Kier alpha value is -1.95. The van der Waals surface area contributed by atoms with E-state index in [4.69, 9.17) is 13.9 Å². The van der Waals surface area contributed by atoms with Gasteiger partial charge >= 0.3 is 0 Å². The van der Waals surface area contributed by atoms with Gasteiger partial charge in [-0.15, -0.1) is 10.2 Å². The molecule has 0 aliphatic heterocycles. The highest BCUT2D eigenvalue weighted by atomic mass is 32.2. The predicted molar refractivity (Wildman–Crippen MR) is 78.4 cm³/mol. The molecule has 5 nitrogen and oxygen atoms in total. The van der Waals surface area contributed by atoms with Crippen molar-refractivity contribution in [3.05, 3.63) is 30.4 Å². The van der Waals surface area contributed by atoms with Crippen molar-refractivity contribution in [3.63, 3.8) is 0 Å². The Morgan fingerprint density at radius 1 is 1.20 bits per heavy atom. The molecular formula is C14H16N2O3S. The summed E-state index contributed by atoms with van der Waals surface area (Å²) in [5, 5.41) is 8.55. The van der Waals surface area contributed by atoms with Gasteiger partial charge in [-0.25, -0.2) is 0 Å². The van der Waals surface area contributed by atoms with Crippen LogP contribution < -0.4 is 9.47 Å². The van der Waals surface area contributed by atoms with E-state index in [9.17, 15) is 0 Å². The Morgan fingerprint density at radius 3 is 2.40 bits per heavy atom. The molecule has 1 aromatic heterocycles. The maximum absolute atomic E-state index is 5.61. The van der Waals surface area contributed by atoms with Crippen molar-refractivity contribution in [2.75, 3.05) is 20.0 Å². The van der Waals surface area contributed by atoms with Crippen molar-refractivity contribution in [2.45, 2.75) is 12.1 Å². The van der Waals surface area contributed by atoms with E-state index in [1.165, 1.54) is 11.8 Å². The van der Waals surface area contributed by atoms with E-state index in [-0.39, 0.29) is 0 Å². The lowest BCUT2D eigenvalue weighted by molar-refractivity contribution is 0.394. The lowest BCUT2D eigenvalue weighted by Crippen LogP contribution is -1.88. The Balaban J connectivity index is 2.24. The molecular weight excluding hydrogens is 276 g/mol. The van der Waals surface area contributed by atoms with E-state index in [1.54, 1.807) is 20.3 Å². The molecule has 0 radical (unpaired) electrons.